The van der Waals surface area contributed by atoms with Gasteiger partial charge in [-0.15, -0.1) is 0 Å². The molecule has 4 aromatic heterocycles. The monoisotopic (exact) mass is 1030 g/mol. The average Bonchev–Trinajstić information content (AvgIpc) is 1.69. The van der Waals surface area contributed by atoms with Crippen molar-refractivity contribution in [3.63, 3.8) is 0 Å². The molecule has 9 aromatic carbocycles. The lowest BCUT2D eigenvalue weighted by atomic mass is 9.78. The summed E-state index contributed by atoms with van der Waals surface area (Å²) in [6.07, 6.45) is 7.76. The molecule has 0 aliphatic carbocycles. The molecule has 79 heavy (non-hydrogen) atoms. The third-order valence-electron chi connectivity index (χ3n) is 15.9. The Morgan fingerprint density at radius 2 is 1.14 bits per heavy atom. The highest BCUT2D eigenvalue weighted by Gasteiger charge is 2.26. The summed E-state index contributed by atoms with van der Waals surface area (Å²) in [6, 6.07) is 61.4. The van der Waals surface area contributed by atoms with Crippen LogP contribution in [0.15, 0.2) is 218 Å². The molecule has 0 N–H and O–H groups in total. The zero-order valence-corrected chi connectivity index (χ0v) is 46.0. The Bertz CT molecular complexity index is 4670. The first-order valence-electron chi connectivity index (χ1n) is 30.1. The maximum absolute atomic E-state index is 9.33. The van der Waals surface area contributed by atoms with E-state index in [1.54, 1.807) is 0 Å². The predicted octanol–water partition coefficient (Wildman–Crippen LogP) is 18.9. The fourth-order valence-electron chi connectivity index (χ4n) is 11.8. The normalized spacial score (nSPS) is 13.2. The second-order valence-corrected chi connectivity index (χ2v) is 22.9. The van der Waals surface area contributed by atoms with Crippen LogP contribution < -0.4 is 9.30 Å². The van der Waals surface area contributed by atoms with E-state index < -0.39 is 18.1 Å². The summed E-state index contributed by atoms with van der Waals surface area (Å²) in [6.45, 7) is 17.8. The summed E-state index contributed by atoms with van der Waals surface area (Å²) < 4.78 is 60.8. The molecule has 13 rings (SSSR count). The molecule has 0 aliphatic rings. The Hall–Kier alpha value is -9.00. The van der Waals surface area contributed by atoms with E-state index in [2.05, 4.69) is 198 Å². The summed E-state index contributed by atoms with van der Waals surface area (Å²) in [5.41, 5.74) is 13.7. The zero-order chi connectivity index (χ0) is 58.5. The third-order valence-corrected chi connectivity index (χ3v) is 15.9. The molecule has 0 spiro atoms. The van der Waals surface area contributed by atoms with Crippen molar-refractivity contribution in [2.75, 3.05) is 0 Å². The number of para-hydroxylation sites is 6. The molecule has 0 saturated carbocycles. The van der Waals surface area contributed by atoms with Crippen LogP contribution in [-0.4, -0.2) is 18.7 Å². The number of benzene rings is 9. The Balaban J connectivity index is 1.03. The number of hydrogen-bond acceptors (Lipinski definition) is 2. The van der Waals surface area contributed by atoms with Crippen LogP contribution in [0.4, 0.5) is 0 Å². The number of aromatic nitrogens is 5. The van der Waals surface area contributed by atoms with Crippen LogP contribution in [0.2, 0.25) is 0 Å². The first kappa shape index (κ1) is 44.0. The molecule has 0 unspecified atom stereocenters. The van der Waals surface area contributed by atoms with Gasteiger partial charge in [0.25, 0.3) is 6.33 Å². The van der Waals surface area contributed by atoms with Gasteiger partial charge < -0.3 is 9.30 Å². The van der Waals surface area contributed by atoms with Crippen LogP contribution in [0.5, 0.6) is 11.5 Å². The van der Waals surface area contributed by atoms with Gasteiger partial charge in [-0.3, -0.25) is 13.7 Å². The smallest absolute Gasteiger partial charge is 0.269 e. The van der Waals surface area contributed by atoms with Gasteiger partial charge in [0.1, 0.15) is 17.3 Å². The van der Waals surface area contributed by atoms with Crippen molar-refractivity contribution in [2.45, 2.75) is 85.0 Å². The molecular formula is C73H65N5O. The summed E-state index contributed by atoms with van der Waals surface area (Å²) in [5, 5.41) is 4.50. The molecule has 0 aliphatic heterocycles. The quantitative estimate of drug-likeness (QED) is 0.0957. The van der Waals surface area contributed by atoms with Crippen molar-refractivity contribution in [3.05, 3.63) is 241 Å². The van der Waals surface area contributed by atoms with E-state index in [0.29, 0.717) is 28.7 Å². The minimum atomic E-state index is -0.443. The molecule has 388 valence electrons. The van der Waals surface area contributed by atoms with Gasteiger partial charge in [0.05, 0.1) is 57.0 Å². The first-order valence-corrected chi connectivity index (χ1v) is 27.6. The molecule has 13 aromatic rings. The molecule has 0 saturated heterocycles. The predicted molar refractivity (Wildman–Crippen MR) is 328 cm³/mol. The van der Waals surface area contributed by atoms with Crippen LogP contribution in [0.25, 0.3) is 99.8 Å². The van der Waals surface area contributed by atoms with Gasteiger partial charge in [0, 0.05) is 39.9 Å². The van der Waals surface area contributed by atoms with Gasteiger partial charge in [-0.2, -0.15) is 0 Å². The lowest BCUT2D eigenvalue weighted by molar-refractivity contribution is -0.571. The van der Waals surface area contributed by atoms with Crippen LogP contribution in [0.1, 0.15) is 97.7 Å². The third kappa shape index (κ3) is 8.67. The van der Waals surface area contributed by atoms with Crippen LogP contribution in [0.3, 0.4) is 0 Å². The van der Waals surface area contributed by atoms with Crippen LogP contribution in [0, 0.1) is 6.33 Å². The summed E-state index contributed by atoms with van der Waals surface area (Å²) >= 11 is 0. The van der Waals surface area contributed by atoms with Crippen molar-refractivity contribution < 1.29 is 16.2 Å². The lowest BCUT2D eigenvalue weighted by Crippen LogP contribution is -2.31. The minimum absolute atomic E-state index is 0.111. The minimum Gasteiger partial charge on any atom is -0.458 e. The number of fused-ring (bicyclic) bond motifs is 7. The van der Waals surface area contributed by atoms with Crippen LogP contribution >= 0.6 is 0 Å². The Morgan fingerprint density at radius 1 is 0.544 bits per heavy atom. The summed E-state index contributed by atoms with van der Waals surface area (Å²) in [7, 11) is 0. The Morgan fingerprint density at radius 3 is 1.80 bits per heavy atom. The fraction of sp³-hybridized carbons (Fsp3) is 0.178. The number of pyridine rings is 1. The van der Waals surface area contributed by atoms with E-state index in [1.807, 2.05) is 69.9 Å². The highest BCUT2D eigenvalue weighted by atomic mass is 16.5. The van der Waals surface area contributed by atoms with E-state index in [4.69, 9.17) is 13.8 Å². The van der Waals surface area contributed by atoms with Crippen molar-refractivity contribution in [2.24, 2.45) is 0 Å². The fourth-order valence-corrected chi connectivity index (χ4v) is 11.8. The lowest BCUT2D eigenvalue weighted by Gasteiger charge is -2.27. The standard InChI is InChI=1S/C73H65N5O/c1-9-48(10-2)50-38-39-74-69(42-50)78-64-35-19-16-30-61(64)70-67(77-62-33-17-14-28-59(62)60-29-15-18-34-63(60)77)45-56(46-68(70)78)79-55-27-22-26-54(44-55)75-47-76(66-37-21-20-36-65(66)75)71-57(49-24-12-11-13-25-49)31-23-32-58(71)51-40-52(72(3,4)5)43-53(41-51)73(6,7)8/h11-46,48H,9-10H2,1-8H3/i11D,12D,13D,24D,25D. The number of ether oxygens (including phenoxy) is 1. The van der Waals surface area contributed by atoms with Gasteiger partial charge >= 0.3 is 0 Å². The van der Waals surface area contributed by atoms with Gasteiger partial charge in [-0.1, -0.05) is 207 Å². The first-order chi connectivity index (χ1) is 40.4. The molecule has 0 radical (unpaired) electrons. The largest absolute Gasteiger partial charge is 0.458 e. The van der Waals surface area contributed by atoms with Gasteiger partial charge in [-0.05, 0) is 117 Å². The molecule has 4 heterocycles. The SMILES string of the molecule is [2H]c1c([2H])c([2H])c(-c2cccc(-c3cc(C(C)(C)C)cc(C(C)(C)C)c3)c2-[n+]2[c-]n(-c3cccc(Oc4cc(-n5c6ccccc6c6ccccc65)c5c6ccccc6n(-c6cc(C(CC)CC)ccn6)c5c4)c3)c3ccccc32)c([2H])c1[2H]. The maximum Gasteiger partial charge on any atom is 0.269 e. The van der Waals surface area contributed by atoms with Gasteiger partial charge in [0.2, 0.25) is 0 Å². The van der Waals surface area contributed by atoms with Crippen LogP contribution in [-0.2, 0) is 10.8 Å². The molecule has 0 fully saturated rings. The number of nitrogens with zero attached hydrogens (tertiary/aromatic N) is 5. The summed E-state index contributed by atoms with van der Waals surface area (Å²) in [5.74, 6) is 2.48. The molecule has 0 amide bonds. The van der Waals surface area contributed by atoms with E-state index >= 15 is 0 Å². The van der Waals surface area contributed by atoms with Crippen molar-refractivity contribution >= 4 is 54.6 Å². The van der Waals surface area contributed by atoms with Crippen molar-refractivity contribution in [3.8, 4) is 56.6 Å². The highest BCUT2D eigenvalue weighted by molar-refractivity contribution is 6.16. The van der Waals surface area contributed by atoms with E-state index in [0.717, 1.165) is 107 Å². The Labute approximate surface area is 470 Å². The van der Waals surface area contributed by atoms with Crippen molar-refractivity contribution in [1.29, 1.82) is 0 Å². The average molecular weight is 1030 g/mol. The maximum atomic E-state index is 9.33. The topological polar surface area (TPSA) is 40.8 Å². The van der Waals surface area contributed by atoms with Crippen molar-refractivity contribution in [1.82, 2.24) is 18.7 Å². The summed E-state index contributed by atoms with van der Waals surface area (Å²) in [4.78, 5) is 5.09. The number of hydrogen-bond donors (Lipinski definition) is 0. The van der Waals surface area contributed by atoms with E-state index in [9.17, 15) is 2.74 Å². The number of imidazole rings is 1. The second-order valence-electron chi connectivity index (χ2n) is 22.9. The Kier molecular flexibility index (Phi) is 10.9. The second kappa shape index (κ2) is 19.5. The van der Waals surface area contributed by atoms with Gasteiger partial charge in [0.15, 0.2) is 0 Å². The molecule has 0 bridgehead atoms. The molecule has 6 nitrogen and oxygen atoms in total. The highest BCUT2D eigenvalue weighted by Crippen LogP contribution is 2.44. The van der Waals surface area contributed by atoms with Gasteiger partial charge in [-0.25, -0.2) is 4.98 Å². The van der Waals surface area contributed by atoms with E-state index in [-0.39, 0.29) is 28.5 Å². The van der Waals surface area contributed by atoms with E-state index in [1.165, 1.54) is 5.56 Å². The molecular weight excluding hydrogens is 963 g/mol. The molecule has 6 heteroatoms. The zero-order valence-electron chi connectivity index (χ0n) is 51.0. The molecule has 0 atom stereocenters. The number of rotatable bonds is 11.